The highest BCUT2D eigenvalue weighted by molar-refractivity contribution is 6.16. The Morgan fingerprint density at radius 1 is 1.32 bits per heavy atom. The van der Waals surface area contributed by atoms with E-state index >= 15 is 0 Å². The summed E-state index contributed by atoms with van der Waals surface area (Å²) in [6.45, 7) is 4.49. The van der Waals surface area contributed by atoms with Crippen LogP contribution in [-0.2, 0) is 12.4 Å². The number of imidazole rings is 1. The van der Waals surface area contributed by atoms with Gasteiger partial charge in [-0.3, -0.25) is 0 Å². The van der Waals surface area contributed by atoms with E-state index in [4.69, 9.17) is 16.0 Å². The Kier molecular flexibility index (Phi) is 3.03. The molecule has 0 spiro atoms. The van der Waals surface area contributed by atoms with Gasteiger partial charge in [0.1, 0.15) is 18.1 Å². The predicted octanol–water partition coefficient (Wildman–Crippen LogP) is 3.43. The summed E-state index contributed by atoms with van der Waals surface area (Å²) < 4.78 is 7.57. The summed E-state index contributed by atoms with van der Waals surface area (Å²) in [4.78, 5) is 8.79. The molecule has 0 radical (unpaired) electrons. The molecule has 0 aliphatic carbocycles. The summed E-state index contributed by atoms with van der Waals surface area (Å²) >= 11 is 5.98. The largest absolute Gasteiger partial charge is 0.444 e. The van der Waals surface area contributed by atoms with Gasteiger partial charge in [0.2, 0.25) is 5.89 Å². The SMILES string of the molecule is Cc1ccc2c(c1)nc(CCl)n2Cc1ncc(C)o1. The van der Waals surface area contributed by atoms with E-state index in [9.17, 15) is 0 Å². The smallest absolute Gasteiger partial charge is 0.214 e. The van der Waals surface area contributed by atoms with Crippen molar-refractivity contribution < 1.29 is 4.42 Å². The number of hydrogen-bond acceptors (Lipinski definition) is 3. The number of alkyl halides is 1. The highest BCUT2D eigenvalue weighted by Gasteiger charge is 2.12. The Hall–Kier alpha value is -1.81. The fourth-order valence-corrected chi connectivity index (χ4v) is 2.38. The van der Waals surface area contributed by atoms with E-state index in [0.29, 0.717) is 18.3 Å². The molecule has 0 atom stereocenters. The second kappa shape index (κ2) is 4.70. The standard InChI is InChI=1S/C14H14ClN3O/c1-9-3-4-12-11(5-9)17-13(6-15)18(12)8-14-16-7-10(2)19-14/h3-5,7H,6,8H2,1-2H3. The molecule has 0 bridgehead atoms. The molecule has 3 aromatic rings. The van der Waals surface area contributed by atoms with E-state index in [2.05, 4.69) is 35.1 Å². The van der Waals surface area contributed by atoms with Crippen molar-refractivity contribution in [3.63, 3.8) is 0 Å². The second-order valence-corrected chi connectivity index (χ2v) is 4.87. The third-order valence-corrected chi connectivity index (χ3v) is 3.30. The van der Waals surface area contributed by atoms with E-state index in [1.165, 1.54) is 5.56 Å². The van der Waals surface area contributed by atoms with Crippen LogP contribution in [0.25, 0.3) is 11.0 Å². The normalized spacial score (nSPS) is 11.3. The Morgan fingerprint density at radius 3 is 2.84 bits per heavy atom. The van der Waals surface area contributed by atoms with Crippen LogP contribution in [-0.4, -0.2) is 14.5 Å². The molecule has 0 aliphatic rings. The Labute approximate surface area is 116 Å². The molecular weight excluding hydrogens is 262 g/mol. The van der Waals surface area contributed by atoms with Crippen molar-refractivity contribution in [2.75, 3.05) is 0 Å². The average molecular weight is 276 g/mol. The minimum absolute atomic E-state index is 0.368. The minimum atomic E-state index is 0.368. The molecule has 2 aromatic heterocycles. The summed E-state index contributed by atoms with van der Waals surface area (Å²) in [5, 5.41) is 0. The lowest BCUT2D eigenvalue weighted by atomic mass is 10.2. The van der Waals surface area contributed by atoms with E-state index in [1.54, 1.807) is 6.20 Å². The first-order chi connectivity index (χ1) is 9.17. The summed E-state index contributed by atoms with van der Waals surface area (Å²) in [6, 6.07) is 6.19. The third-order valence-electron chi connectivity index (χ3n) is 3.06. The number of nitrogens with zero attached hydrogens (tertiary/aromatic N) is 3. The van der Waals surface area contributed by atoms with Gasteiger partial charge in [-0.1, -0.05) is 6.07 Å². The van der Waals surface area contributed by atoms with Crippen LogP contribution < -0.4 is 0 Å². The maximum Gasteiger partial charge on any atom is 0.214 e. The van der Waals surface area contributed by atoms with Gasteiger partial charge in [0.05, 0.1) is 23.1 Å². The van der Waals surface area contributed by atoms with Gasteiger partial charge in [-0.2, -0.15) is 0 Å². The summed E-state index contributed by atoms with van der Waals surface area (Å²) in [6.07, 6.45) is 1.72. The van der Waals surface area contributed by atoms with Crippen molar-refractivity contribution >= 4 is 22.6 Å². The molecule has 0 amide bonds. The average Bonchev–Trinajstić information content (AvgIpc) is 2.94. The van der Waals surface area contributed by atoms with Gasteiger partial charge in [-0.15, -0.1) is 11.6 Å². The van der Waals surface area contributed by atoms with E-state index in [-0.39, 0.29) is 0 Å². The highest BCUT2D eigenvalue weighted by Crippen LogP contribution is 2.20. The van der Waals surface area contributed by atoms with Gasteiger partial charge in [-0.05, 0) is 31.5 Å². The zero-order chi connectivity index (χ0) is 13.4. The van der Waals surface area contributed by atoms with E-state index in [1.807, 2.05) is 11.5 Å². The summed E-state index contributed by atoms with van der Waals surface area (Å²) in [5.74, 6) is 2.68. The van der Waals surface area contributed by atoms with Gasteiger partial charge in [0, 0.05) is 0 Å². The Balaban J connectivity index is 2.10. The molecule has 0 fully saturated rings. The van der Waals surface area contributed by atoms with Crippen molar-refractivity contribution in [3.05, 3.63) is 47.4 Å². The number of halogens is 1. The lowest BCUT2D eigenvalue weighted by molar-refractivity contribution is 0.457. The molecule has 0 unspecified atom stereocenters. The molecule has 0 saturated carbocycles. The summed E-state index contributed by atoms with van der Waals surface area (Å²) in [7, 11) is 0. The van der Waals surface area contributed by atoms with Crippen molar-refractivity contribution in [2.45, 2.75) is 26.3 Å². The van der Waals surface area contributed by atoms with E-state index < -0.39 is 0 Å². The van der Waals surface area contributed by atoms with E-state index in [0.717, 1.165) is 22.6 Å². The molecule has 3 rings (SSSR count). The first-order valence-electron chi connectivity index (χ1n) is 6.10. The minimum Gasteiger partial charge on any atom is -0.444 e. The highest BCUT2D eigenvalue weighted by atomic mass is 35.5. The maximum absolute atomic E-state index is 5.98. The first kappa shape index (κ1) is 12.2. The van der Waals surface area contributed by atoms with Crippen LogP contribution in [0.5, 0.6) is 0 Å². The van der Waals surface area contributed by atoms with Crippen LogP contribution >= 0.6 is 11.6 Å². The molecule has 4 nitrogen and oxygen atoms in total. The topological polar surface area (TPSA) is 43.9 Å². The number of hydrogen-bond donors (Lipinski definition) is 0. The molecule has 0 N–H and O–H groups in total. The third kappa shape index (κ3) is 2.24. The van der Waals surface area contributed by atoms with Gasteiger partial charge in [0.15, 0.2) is 0 Å². The Bertz CT molecular complexity index is 729. The fourth-order valence-electron chi connectivity index (χ4n) is 2.18. The van der Waals surface area contributed by atoms with Crippen LogP contribution in [0.3, 0.4) is 0 Å². The summed E-state index contributed by atoms with van der Waals surface area (Å²) in [5.41, 5.74) is 3.20. The molecule has 98 valence electrons. The lowest BCUT2D eigenvalue weighted by Crippen LogP contribution is -2.04. The fraction of sp³-hybridized carbons (Fsp3) is 0.286. The van der Waals surface area contributed by atoms with Crippen LogP contribution in [0.1, 0.15) is 23.0 Å². The molecule has 2 heterocycles. The Morgan fingerprint density at radius 2 is 2.16 bits per heavy atom. The van der Waals surface area contributed by atoms with Gasteiger partial charge in [-0.25, -0.2) is 9.97 Å². The predicted molar refractivity (Wildman–Crippen MR) is 74.4 cm³/mol. The van der Waals surface area contributed by atoms with Gasteiger partial charge < -0.3 is 8.98 Å². The lowest BCUT2D eigenvalue weighted by Gasteiger charge is -2.04. The number of oxazole rings is 1. The molecule has 5 heteroatoms. The number of aryl methyl sites for hydroxylation is 2. The molecule has 0 saturated heterocycles. The van der Waals surface area contributed by atoms with Crippen molar-refractivity contribution in [3.8, 4) is 0 Å². The van der Waals surface area contributed by atoms with Crippen LogP contribution in [0.2, 0.25) is 0 Å². The number of rotatable bonds is 3. The number of benzene rings is 1. The molecule has 1 aromatic carbocycles. The van der Waals surface area contributed by atoms with Crippen LogP contribution in [0.15, 0.2) is 28.8 Å². The molecular formula is C14H14ClN3O. The number of aromatic nitrogens is 3. The number of fused-ring (bicyclic) bond motifs is 1. The quantitative estimate of drug-likeness (QED) is 0.688. The second-order valence-electron chi connectivity index (χ2n) is 4.60. The van der Waals surface area contributed by atoms with Gasteiger partial charge >= 0.3 is 0 Å². The van der Waals surface area contributed by atoms with Crippen molar-refractivity contribution in [1.29, 1.82) is 0 Å². The van der Waals surface area contributed by atoms with Crippen LogP contribution in [0, 0.1) is 13.8 Å². The molecule has 19 heavy (non-hydrogen) atoms. The first-order valence-corrected chi connectivity index (χ1v) is 6.64. The molecule has 0 aliphatic heterocycles. The zero-order valence-corrected chi connectivity index (χ0v) is 11.6. The zero-order valence-electron chi connectivity index (χ0n) is 10.9. The van der Waals surface area contributed by atoms with Crippen molar-refractivity contribution in [2.24, 2.45) is 0 Å². The monoisotopic (exact) mass is 275 g/mol. The van der Waals surface area contributed by atoms with Gasteiger partial charge in [0.25, 0.3) is 0 Å². The van der Waals surface area contributed by atoms with Crippen LogP contribution in [0.4, 0.5) is 0 Å². The maximum atomic E-state index is 5.98. The van der Waals surface area contributed by atoms with Crippen molar-refractivity contribution in [1.82, 2.24) is 14.5 Å².